The van der Waals surface area contributed by atoms with Crippen LogP contribution in [0.5, 0.6) is 0 Å². The van der Waals surface area contributed by atoms with E-state index in [1.54, 1.807) is 11.8 Å². The van der Waals surface area contributed by atoms with E-state index in [4.69, 9.17) is 9.47 Å². The van der Waals surface area contributed by atoms with Gasteiger partial charge >= 0.3 is 0 Å². The molecule has 2 amide bonds. The summed E-state index contributed by atoms with van der Waals surface area (Å²) in [6.45, 7) is 5.63. The lowest BCUT2D eigenvalue weighted by Crippen LogP contribution is -2.38. The third-order valence-electron chi connectivity index (χ3n) is 7.75. The number of hydrogen-bond donors (Lipinski definition) is 3. The summed E-state index contributed by atoms with van der Waals surface area (Å²) in [4.78, 5) is 24.0. The maximum absolute atomic E-state index is 11.5. The van der Waals surface area contributed by atoms with E-state index in [1.807, 2.05) is 78.9 Å². The van der Waals surface area contributed by atoms with Crippen molar-refractivity contribution in [3.8, 4) is 11.1 Å². The van der Waals surface area contributed by atoms with Crippen LogP contribution in [0.1, 0.15) is 55.4 Å². The molecule has 4 unspecified atom stereocenters. The molecular formula is C36H38N2O5S. The molecule has 1 aliphatic rings. The van der Waals surface area contributed by atoms with Gasteiger partial charge in [0.25, 0.3) is 0 Å². The molecule has 8 heteroatoms. The Morgan fingerprint density at radius 1 is 0.818 bits per heavy atom. The number of anilines is 1. The smallest absolute Gasteiger partial charge is 0.221 e. The largest absolute Gasteiger partial charge is 0.392 e. The van der Waals surface area contributed by atoms with Crippen molar-refractivity contribution >= 4 is 29.3 Å². The van der Waals surface area contributed by atoms with Crippen molar-refractivity contribution in [1.82, 2.24) is 5.32 Å². The fourth-order valence-corrected chi connectivity index (χ4v) is 6.39. The van der Waals surface area contributed by atoms with E-state index in [2.05, 4.69) is 35.8 Å². The first-order chi connectivity index (χ1) is 21.3. The molecule has 7 nitrogen and oxygen atoms in total. The summed E-state index contributed by atoms with van der Waals surface area (Å²) >= 11 is 1.71. The zero-order valence-electron chi connectivity index (χ0n) is 25.2. The first-order valence-corrected chi connectivity index (χ1v) is 15.7. The van der Waals surface area contributed by atoms with Gasteiger partial charge in [0.15, 0.2) is 6.29 Å². The zero-order chi connectivity index (χ0) is 31.1. The monoisotopic (exact) mass is 610 g/mol. The van der Waals surface area contributed by atoms with Crippen LogP contribution >= 0.6 is 11.8 Å². The fraction of sp³-hybridized carbons (Fsp3) is 0.278. The lowest BCUT2D eigenvalue weighted by Gasteiger charge is -2.41. The summed E-state index contributed by atoms with van der Waals surface area (Å²) in [5.74, 6) is 0.630. The molecule has 4 aromatic carbocycles. The molecule has 228 valence electrons. The highest BCUT2D eigenvalue weighted by Crippen LogP contribution is 2.43. The van der Waals surface area contributed by atoms with E-state index < -0.39 is 6.29 Å². The van der Waals surface area contributed by atoms with Crippen LogP contribution in [0.4, 0.5) is 5.69 Å². The number of carbonyl (C=O) groups excluding carboxylic acids is 2. The Balaban J connectivity index is 1.36. The molecule has 4 aromatic rings. The average Bonchev–Trinajstić information content (AvgIpc) is 3.04. The van der Waals surface area contributed by atoms with Gasteiger partial charge in [-0.15, -0.1) is 11.8 Å². The number of thioether (sulfide) groups is 1. The molecule has 1 fully saturated rings. The highest BCUT2D eigenvalue weighted by atomic mass is 32.2. The lowest BCUT2D eigenvalue weighted by atomic mass is 9.91. The van der Waals surface area contributed by atoms with Crippen molar-refractivity contribution < 1.29 is 24.2 Å². The molecule has 44 heavy (non-hydrogen) atoms. The lowest BCUT2D eigenvalue weighted by molar-refractivity contribution is -0.268. The van der Waals surface area contributed by atoms with Crippen molar-refractivity contribution in [1.29, 1.82) is 0 Å². The Morgan fingerprint density at radius 3 is 2.16 bits per heavy atom. The molecule has 3 N–H and O–H groups in total. The Labute approximate surface area is 263 Å². The van der Waals surface area contributed by atoms with E-state index in [0.717, 1.165) is 49.7 Å². The van der Waals surface area contributed by atoms with Crippen molar-refractivity contribution in [2.75, 3.05) is 11.1 Å². The Bertz CT molecular complexity index is 1560. The normalized spacial score (nSPS) is 19.7. The van der Waals surface area contributed by atoms with Crippen molar-refractivity contribution in [2.45, 2.75) is 57.3 Å². The van der Waals surface area contributed by atoms with Gasteiger partial charge < -0.3 is 25.2 Å². The van der Waals surface area contributed by atoms with E-state index in [-0.39, 0.29) is 36.5 Å². The van der Waals surface area contributed by atoms with Gasteiger partial charge in [-0.05, 0) is 52.1 Å². The van der Waals surface area contributed by atoms with E-state index in [1.165, 1.54) is 13.8 Å². The van der Waals surface area contributed by atoms with E-state index >= 15 is 0 Å². The topological polar surface area (TPSA) is 96.9 Å². The van der Waals surface area contributed by atoms with Crippen LogP contribution in [-0.4, -0.2) is 28.8 Å². The van der Waals surface area contributed by atoms with E-state index in [0.29, 0.717) is 6.54 Å². The first-order valence-electron chi connectivity index (χ1n) is 14.7. The maximum atomic E-state index is 11.5. The summed E-state index contributed by atoms with van der Waals surface area (Å²) in [5, 5.41) is 15.2. The minimum atomic E-state index is -0.565. The molecule has 1 heterocycles. The van der Waals surface area contributed by atoms with Crippen LogP contribution < -0.4 is 10.6 Å². The number of carbonyl (C=O) groups is 2. The van der Waals surface area contributed by atoms with Gasteiger partial charge in [-0.1, -0.05) is 79.7 Å². The third-order valence-corrected chi connectivity index (χ3v) is 8.85. The van der Waals surface area contributed by atoms with Gasteiger partial charge in [0.1, 0.15) is 0 Å². The SMILES string of the molecule is CC(=O)NCc1ccccc1-c1ccc(C2OC(CSc3ccc(NC(C)=O)cc3)C(C)C(c3ccc(CO)cc3)O2)cc1. The molecule has 0 saturated carbocycles. The van der Waals surface area contributed by atoms with Crippen molar-refractivity contribution in [3.05, 3.63) is 119 Å². The highest BCUT2D eigenvalue weighted by molar-refractivity contribution is 7.99. The second-order valence-corrected chi connectivity index (χ2v) is 12.1. The van der Waals surface area contributed by atoms with Crippen molar-refractivity contribution in [2.24, 2.45) is 5.92 Å². The summed E-state index contributed by atoms with van der Waals surface area (Å²) in [7, 11) is 0. The Hall–Kier alpha value is -3.95. The van der Waals surface area contributed by atoms with Crippen LogP contribution in [0.15, 0.2) is 102 Å². The molecule has 0 spiro atoms. The Morgan fingerprint density at radius 2 is 1.50 bits per heavy atom. The Kier molecular flexibility index (Phi) is 10.5. The second kappa shape index (κ2) is 14.7. The van der Waals surface area contributed by atoms with Crippen LogP contribution in [-0.2, 0) is 32.2 Å². The predicted octanol–water partition coefficient (Wildman–Crippen LogP) is 7.02. The summed E-state index contributed by atoms with van der Waals surface area (Å²) in [5.41, 5.74) is 6.74. The van der Waals surface area contributed by atoms with Gasteiger partial charge in [0.2, 0.25) is 11.8 Å². The van der Waals surface area contributed by atoms with Gasteiger partial charge in [-0.3, -0.25) is 9.59 Å². The predicted molar refractivity (Wildman–Crippen MR) is 174 cm³/mol. The minimum absolute atomic E-state index is 0.00657. The number of aliphatic hydroxyl groups is 1. The standard InChI is InChI=1S/C36H38N2O5S/c1-23-34(22-44-32-18-16-31(17-19-32)38-25(3)41)42-36(43-35(23)28-10-8-26(21-39)9-11-28)29-14-12-27(13-15-29)33-7-5-4-6-30(33)20-37-24(2)40/h4-19,23,34-36,39H,20-22H2,1-3H3,(H,37,40)(H,38,41). The van der Waals surface area contributed by atoms with Crippen molar-refractivity contribution in [3.63, 3.8) is 0 Å². The zero-order valence-corrected chi connectivity index (χ0v) is 26.0. The van der Waals surface area contributed by atoms with Gasteiger partial charge in [-0.25, -0.2) is 0 Å². The number of nitrogens with one attached hydrogen (secondary N) is 2. The number of rotatable bonds is 10. The summed E-state index contributed by atoms with van der Waals surface area (Å²) in [6.07, 6.45) is -0.869. The number of ether oxygens (including phenoxy) is 2. The first kappa shape index (κ1) is 31.5. The molecule has 4 atom stereocenters. The second-order valence-electron chi connectivity index (χ2n) is 11.0. The van der Waals surface area contributed by atoms with Gasteiger partial charge in [0, 0.05) is 48.2 Å². The van der Waals surface area contributed by atoms with E-state index in [9.17, 15) is 14.7 Å². The molecule has 5 rings (SSSR count). The number of hydrogen-bond acceptors (Lipinski definition) is 6. The molecular weight excluding hydrogens is 572 g/mol. The molecule has 0 radical (unpaired) electrons. The molecule has 0 bridgehead atoms. The maximum Gasteiger partial charge on any atom is 0.221 e. The fourth-order valence-electron chi connectivity index (χ4n) is 5.32. The minimum Gasteiger partial charge on any atom is -0.392 e. The molecule has 1 aliphatic heterocycles. The summed E-state index contributed by atoms with van der Waals surface area (Å²) < 4.78 is 13.3. The highest BCUT2D eigenvalue weighted by Gasteiger charge is 2.38. The molecule has 0 aromatic heterocycles. The van der Waals surface area contributed by atoms with Gasteiger partial charge in [-0.2, -0.15) is 0 Å². The number of aliphatic hydroxyl groups excluding tert-OH is 1. The quantitative estimate of drug-likeness (QED) is 0.167. The van der Waals surface area contributed by atoms with Gasteiger partial charge in [0.05, 0.1) is 18.8 Å². The third kappa shape index (κ3) is 7.95. The average molecular weight is 611 g/mol. The van der Waals surface area contributed by atoms with Crippen LogP contribution in [0.3, 0.4) is 0 Å². The van der Waals surface area contributed by atoms with Crippen LogP contribution in [0.2, 0.25) is 0 Å². The molecule has 1 saturated heterocycles. The molecule has 0 aliphatic carbocycles. The summed E-state index contributed by atoms with van der Waals surface area (Å²) in [6, 6.07) is 32.0. The number of amides is 2. The number of benzene rings is 4. The van der Waals surface area contributed by atoms with Crippen LogP contribution in [0.25, 0.3) is 11.1 Å². The van der Waals surface area contributed by atoms with Crippen LogP contribution in [0, 0.1) is 5.92 Å².